The minimum atomic E-state index is -0.532. The van der Waals surface area contributed by atoms with Gasteiger partial charge in [-0.15, -0.1) is 0 Å². The monoisotopic (exact) mass is 234 g/mol. The molecule has 2 aromatic rings. The summed E-state index contributed by atoms with van der Waals surface area (Å²) < 4.78 is 14.5. The third kappa shape index (κ3) is 2.87. The Morgan fingerprint density at radius 3 is 3.00 bits per heavy atom. The van der Waals surface area contributed by atoms with Crippen molar-refractivity contribution >= 4 is 5.91 Å². The van der Waals surface area contributed by atoms with E-state index in [0.29, 0.717) is 6.54 Å². The van der Waals surface area contributed by atoms with E-state index >= 15 is 0 Å². The third-order valence-electron chi connectivity index (χ3n) is 2.17. The summed E-state index contributed by atoms with van der Waals surface area (Å²) >= 11 is 0. The van der Waals surface area contributed by atoms with Crippen LogP contribution in [0.1, 0.15) is 16.1 Å². The third-order valence-corrected chi connectivity index (χ3v) is 2.17. The average Bonchev–Trinajstić information content (AvgIpc) is 2.72. The predicted molar refractivity (Wildman–Crippen MR) is 58.6 cm³/mol. The highest BCUT2D eigenvalue weighted by Crippen LogP contribution is 2.01. The van der Waals surface area contributed by atoms with Crippen LogP contribution in [0.2, 0.25) is 0 Å². The normalized spacial score (nSPS) is 10.2. The summed E-state index contributed by atoms with van der Waals surface area (Å²) in [4.78, 5) is 15.2. The first kappa shape index (κ1) is 11.3. The summed E-state index contributed by atoms with van der Waals surface area (Å²) in [7, 11) is 1.79. The van der Waals surface area contributed by atoms with Crippen LogP contribution in [0, 0.1) is 5.82 Å². The van der Waals surface area contributed by atoms with Crippen LogP contribution in [-0.4, -0.2) is 20.7 Å². The topological polar surface area (TPSA) is 59.8 Å². The van der Waals surface area contributed by atoms with Crippen LogP contribution in [0.25, 0.3) is 0 Å². The number of hydrogen-bond acceptors (Lipinski definition) is 3. The molecule has 0 saturated carbocycles. The van der Waals surface area contributed by atoms with Gasteiger partial charge in [0.1, 0.15) is 5.82 Å². The molecule has 6 heteroatoms. The molecule has 5 nitrogen and oxygen atoms in total. The number of aromatic nitrogens is 3. The number of rotatable bonds is 3. The molecule has 0 saturated heterocycles. The average molecular weight is 234 g/mol. The highest BCUT2D eigenvalue weighted by Gasteiger charge is 2.07. The van der Waals surface area contributed by atoms with Crippen LogP contribution < -0.4 is 5.32 Å². The van der Waals surface area contributed by atoms with E-state index in [1.807, 2.05) is 0 Å². The molecule has 2 heterocycles. The Balaban J connectivity index is 1.98. The van der Waals surface area contributed by atoms with E-state index in [0.717, 1.165) is 18.0 Å². The fraction of sp³-hybridized carbons (Fsp3) is 0.182. The first-order valence-corrected chi connectivity index (χ1v) is 5.02. The standard InChI is InChI=1S/C11H11FN4O/c1-16-3-2-10(15-16)7-14-11(17)8-4-9(12)6-13-5-8/h2-6H,7H2,1H3,(H,14,17). The molecule has 0 aromatic carbocycles. The number of nitrogens with zero attached hydrogens (tertiary/aromatic N) is 3. The second kappa shape index (κ2) is 4.73. The van der Waals surface area contributed by atoms with E-state index in [9.17, 15) is 9.18 Å². The van der Waals surface area contributed by atoms with Crippen molar-refractivity contribution in [2.75, 3.05) is 0 Å². The Bertz CT molecular complexity index is 538. The van der Waals surface area contributed by atoms with E-state index in [2.05, 4.69) is 15.4 Å². The molecule has 88 valence electrons. The summed E-state index contributed by atoms with van der Waals surface area (Å²) in [6, 6.07) is 2.94. The second-order valence-corrected chi connectivity index (χ2v) is 3.56. The second-order valence-electron chi connectivity index (χ2n) is 3.56. The Labute approximate surface area is 97.3 Å². The molecule has 2 aromatic heterocycles. The lowest BCUT2D eigenvalue weighted by molar-refractivity contribution is 0.0949. The largest absolute Gasteiger partial charge is 0.346 e. The van der Waals surface area contributed by atoms with Crippen molar-refractivity contribution < 1.29 is 9.18 Å². The number of amides is 1. The van der Waals surface area contributed by atoms with E-state index < -0.39 is 5.82 Å². The van der Waals surface area contributed by atoms with Crippen molar-refractivity contribution in [1.29, 1.82) is 0 Å². The summed E-state index contributed by atoms with van der Waals surface area (Å²) in [5.41, 5.74) is 0.936. The van der Waals surface area contributed by atoms with Gasteiger partial charge in [0, 0.05) is 19.4 Å². The van der Waals surface area contributed by atoms with E-state index in [-0.39, 0.29) is 11.5 Å². The zero-order valence-electron chi connectivity index (χ0n) is 9.22. The molecule has 0 radical (unpaired) electrons. The van der Waals surface area contributed by atoms with Gasteiger partial charge in [-0.2, -0.15) is 5.10 Å². The Hall–Kier alpha value is -2.24. The predicted octanol–water partition coefficient (Wildman–Crippen LogP) is 0.884. The Morgan fingerprint density at radius 2 is 2.35 bits per heavy atom. The molecule has 0 spiro atoms. The van der Waals surface area contributed by atoms with Gasteiger partial charge < -0.3 is 5.32 Å². The van der Waals surface area contributed by atoms with Gasteiger partial charge in [0.05, 0.1) is 24.0 Å². The van der Waals surface area contributed by atoms with E-state index in [1.165, 1.54) is 6.20 Å². The van der Waals surface area contributed by atoms with Gasteiger partial charge in [0.15, 0.2) is 0 Å². The van der Waals surface area contributed by atoms with Gasteiger partial charge in [-0.3, -0.25) is 14.5 Å². The van der Waals surface area contributed by atoms with E-state index in [1.54, 1.807) is 24.0 Å². The first-order chi connectivity index (χ1) is 8.15. The van der Waals surface area contributed by atoms with Crippen molar-refractivity contribution in [3.8, 4) is 0 Å². The fourth-order valence-corrected chi connectivity index (χ4v) is 1.37. The molecule has 0 aliphatic rings. The number of hydrogen-bond donors (Lipinski definition) is 1. The maximum absolute atomic E-state index is 12.8. The van der Waals surface area contributed by atoms with Crippen LogP contribution in [0.4, 0.5) is 4.39 Å². The van der Waals surface area contributed by atoms with Crippen molar-refractivity contribution in [3.05, 3.63) is 47.8 Å². The lowest BCUT2D eigenvalue weighted by Crippen LogP contribution is -2.23. The van der Waals surface area contributed by atoms with Gasteiger partial charge >= 0.3 is 0 Å². The maximum atomic E-state index is 12.8. The van der Waals surface area contributed by atoms with Crippen molar-refractivity contribution in [3.63, 3.8) is 0 Å². The zero-order chi connectivity index (χ0) is 12.3. The van der Waals surface area contributed by atoms with Crippen LogP contribution in [0.5, 0.6) is 0 Å². The smallest absolute Gasteiger partial charge is 0.253 e. The lowest BCUT2D eigenvalue weighted by Gasteiger charge is -2.02. The number of nitrogens with one attached hydrogen (secondary N) is 1. The maximum Gasteiger partial charge on any atom is 0.253 e. The molecule has 1 amide bonds. The minimum absolute atomic E-state index is 0.195. The van der Waals surface area contributed by atoms with Crippen molar-refractivity contribution in [1.82, 2.24) is 20.1 Å². The van der Waals surface area contributed by atoms with Crippen LogP contribution in [0.3, 0.4) is 0 Å². The van der Waals surface area contributed by atoms with Crippen LogP contribution in [0.15, 0.2) is 30.7 Å². The van der Waals surface area contributed by atoms with Crippen molar-refractivity contribution in [2.24, 2.45) is 7.05 Å². The van der Waals surface area contributed by atoms with Crippen LogP contribution in [-0.2, 0) is 13.6 Å². The first-order valence-electron chi connectivity index (χ1n) is 5.02. The summed E-state index contributed by atoms with van der Waals surface area (Å²) in [5.74, 6) is -0.905. The molecular formula is C11H11FN4O. The highest BCUT2D eigenvalue weighted by molar-refractivity contribution is 5.93. The molecular weight excluding hydrogens is 223 g/mol. The summed E-state index contributed by atoms with van der Waals surface area (Å²) in [6.45, 7) is 0.302. The van der Waals surface area contributed by atoms with Gasteiger partial charge in [0.2, 0.25) is 0 Å². The molecule has 0 aliphatic heterocycles. The number of carbonyl (C=O) groups is 1. The Kier molecular flexibility index (Phi) is 3.13. The molecule has 0 fully saturated rings. The summed E-state index contributed by atoms with van der Waals surface area (Å²) in [5, 5.41) is 6.74. The van der Waals surface area contributed by atoms with Gasteiger partial charge in [-0.05, 0) is 12.1 Å². The van der Waals surface area contributed by atoms with Crippen LogP contribution >= 0.6 is 0 Å². The van der Waals surface area contributed by atoms with Gasteiger partial charge in [-0.1, -0.05) is 0 Å². The molecule has 0 aliphatic carbocycles. The molecule has 0 atom stereocenters. The van der Waals surface area contributed by atoms with Gasteiger partial charge in [-0.25, -0.2) is 4.39 Å². The van der Waals surface area contributed by atoms with Crippen molar-refractivity contribution in [2.45, 2.75) is 6.54 Å². The van der Waals surface area contributed by atoms with Gasteiger partial charge in [0.25, 0.3) is 5.91 Å². The molecule has 0 bridgehead atoms. The molecule has 1 N–H and O–H groups in total. The lowest BCUT2D eigenvalue weighted by atomic mass is 10.2. The SMILES string of the molecule is Cn1ccc(CNC(=O)c2cncc(F)c2)n1. The molecule has 0 unspecified atom stereocenters. The Morgan fingerprint density at radius 1 is 1.53 bits per heavy atom. The number of carbonyl (C=O) groups excluding carboxylic acids is 1. The number of pyridine rings is 1. The molecule has 2 rings (SSSR count). The van der Waals surface area contributed by atoms with E-state index in [4.69, 9.17) is 0 Å². The highest BCUT2D eigenvalue weighted by atomic mass is 19.1. The summed E-state index contributed by atoms with van der Waals surface area (Å²) in [6.07, 6.45) is 4.15. The minimum Gasteiger partial charge on any atom is -0.346 e. The number of aryl methyl sites for hydroxylation is 1. The fourth-order valence-electron chi connectivity index (χ4n) is 1.37. The quantitative estimate of drug-likeness (QED) is 0.857. The zero-order valence-corrected chi connectivity index (χ0v) is 9.22. The molecule has 17 heavy (non-hydrogen) atoms. The number of halogens is 1.